The third-order valence-corrected chi connectivity index (χ3v) is 2.77. The van der Waals surface area contributed by atoms with E-state index in [-0.39, 0.29) is 11.9 Å². The van der Waals surface area contributed by atoms with Gasteiger partial charge in [0, 0.05) is 36.9 Å². The van der Waals surface area contributed by atoms with Crippen LogP contribution in [0.15, 0.2) is 36.8 Å². The smallest absolute Gasteiger partial charge is 0.270 e. The van der Waals surface area contributed by atoms with Gasteiger partial charge in [-0.2, -0.15) is 5.10 Å². The highest BCUT2D eigenvalue weighted by Crippen LogP contribution is 2.07. The van der Waals surface area contributed by atoms with Gasteiger partial charge >= 0.3 is 0 Å². The van der Waals surface area contributed by atoms with E-state index in [1.165, 1.54) is 0 Å². The largest absolute Gasteiger partial charge is 0.385 e. The molecule has 2 aromatic rings. The molecule has 6 nitrogen and oxygen atoms in total. The zero-order chi connectivity index (χ0) is 14.4. The molecule has 1 amide bonds. The van der Waals surface area contributed by atoms with Gasteiger partial charge in [0.2, 0.25) is 0 Å². The Morgan fingerprint density at radius 2 is 2.30 bits per heavy atom. The van der Waals surface area contributed by atoms with Crippen molar-refractivity contribution in [1.29, 1.82) is 0 Å². The number of anilines is 1. The molecule has 0 fully saturated rings. The van der Waals surface area contributed by atoms with Crippen LogP contribution in [-0.2, 0) is 6.54 Å². The highest BCUT2D eigenvalue weighted by molar-refractivity contribution is 5.93. The minimum absolute atomic E-state index is 0.0213. The Kier molecular flexibility index (Phi) is 4.70. The summed E-state index contributed by atoms with van der Waals surface area (Å²) < 4.78 is 1.79. The minimum Gasteiger partial charge on any atom is -0.385 e. The number of nitrogens with one attached hydrogen (secondary N) is 2. The summed E-state index contributed by atoms with van der Waals surface area (Å²) in [4.78, 5) is 16.2. The van der Waals surface area contributed by atoms with Crippen LogP contribution in [0.5, 0.6) is 0 Å². The number of carbonyl (C=O) groups excluding carboxylic acids is 1. The summed E-state index contributed by atoms with van der Waals surface area (Å²) in [5.74, 6) is -0.176. The summed E-state index contributed by atoms with van der Waals surface area (Å²) in [7, 11) is 0. The molecule has 0 saturated heterocycles. The molecule has 2 heterocycles. The number of amides is 1. The first kappa shape index (κ1) is 14.0. The van der Waals surface area contributed by atoms with Crippen LogP contribution < -0.4 is 10.6 Å². The van der Waals surface area contributed by atoms with Crippen molar-refractivity contribution >= 4 is 11.6 Å². The van der Waals surface area contributed by atoms with E-state index in [4.69, 9.17) is 0 Å². The van der Waals surface area contributed by atoms with Crippen molar-refractivity contribution in [3.05, 3.63) is 42.5 Å². The lowest BCUT2D eigenvalue weighted by atomic mass is 10.2. The molecule has 2 aromatic heterocycles. The topological polar surface area (TPSA) is 71.8 Å². The number of hydrogen-bond acceptors (Lipinski definition) is 4. The van der Waals surface area contributed by atoms with Crippen molar-refractivity contribution in [2.45, 2.75) is 26.4 Å². The molecular formula is C14H19N5O. The Bertz CT molecular complexity index is 552. The van der Waals surface area contributed by atoms with Crippen LogP contribution in [0.2, 0.25) is 0 Å². The van der Waals surface area contributed by atoms with E-state index in [0.29, 0.717) is 12.2 Å². The van der Waals surface area contributed by atoms with Crippen LogP contribution in [0.1, 0.15) is 24.3 Å². The predicted molar refractivity (Wildman–Crippen MR) is 77.6 cm³/mol. The van der Waals surface area contributed by atoms with E-state index >= 15 is 0 Å². The van der Waals surface area contributed by atoms with Crippen molar-refractivity contribution < 1.29 is 4.79 Å². The SMILES string of the molecule is CCNc1ccnc(C(=O)NC(C)Cn2cccn2)c1. The fourth-order valence-corrected chi connectivity index (χ4v) is 1.90. The molecule has 0 saturated carbocycles. The lowest BCUT2D eigenvalue weighted by Gasteiger charge is -2.14. The molecule has 0 aliphatic carbocycles. The molecular weight excluding hydrogens is 254 g/mol. The molecule has 0 radical (unpaired) electrons. The molecule has 0 aliphatic heterocycles. The molecule has 0 bridgehead atoms. The van der Waals surface area contributed by atoms with E-state index in [9.17, 15) is 4.79 Å². The van der Waals surface area contributed by atoms with E-state index < -0.39 is 0 Å². The summed E-state index contributed by atoms with van der Waals surface area (Å²) in [6.45, 7) is 5.38. The van der Waals surface area contributed by atoms with Crippen LogP contribution in [0.4, 0.5) is 5.69 Å². The standard InChI is InChI=1S/C14H19N5O/c1-3-15-12-5-7-16-13(9-12)14(20)18-11(2)10-19-8-4-6-17-19/h4-9,11H,3,10H2,1-2H3,(H,15,16)(H,18,20). The summed E-state index contributed by atoms with van der Waals surface area (Å²) >= 11 is 0. The fourth-order valence-electron chi connectivity index (χ4n) is 1.90. The van der Waals surface area contributed by atoms with Gasteiger partial charge < -0.3 is 10.6 Å². The second-order valence-corrected chi connectivity index (χ2v) is 4.56. The average Bonchev–Trinajstić information content (AvgIpc) is 2.92. The molecule has 1 unspecified atom stereocenters. The van der Waals surface area contributed by atoms with E-state index in [1.54, 1.807) is 23.1 Å². The van der Waals surface area contributed by atoms with E-state index in [1.807, 2.05) is 32.2 Å². The highest BCUT2D eigenvalue weighted by Gasteiger charge is 2.12. The molecule has 0 aromatic carbocycles. The average molecular weight is 273 g/mol. The molecule has 106 valence electrons. The quantitative estimate of drug-likeness (QED) is 0.837. The van der Waals surface area contributed by atoms with Gasteiger partial charge in [-0.15, -0.1) is 0 Å². The zero-order valence-electron chi connectivity index (χ0n) is 11.7. The van der Waals surface area contributed by atoms with Crippen molar-refractivity contribution in [3.8, 4) is 0 Å². The van der Waals surface area contributed by atoms with Gasteiger partial charge in [-0.3, -0.25) is 14.5 Å². The normalized spacial score (nSPS) is 11.9. The molecule has 20 heavy (non-hydrogen) atoms. The fraction of sp³-hybridized carbons (Fsp3) is 0.357. The lowest BCUT2D eigenvalue weighted by molar-refractivity contribution is 0.0931. The number of nitrogens with zero attached hydrogens (tertiary/aromatic N) is 3. The number of pyridine rings is 1. The number of rotatable bonds is 6. The molecule has 6 heteroatoms. The summed E-state index contributed by atoms with van der Waals surface area (Å²) in [5.41, 5.74) is 1.31. The minimum atomic E-state index is -0.176. The maximum absolute atomic E-state index is 12.1. The van der Waals surface area contributed by atoms with Crippen molar-refractivity contribution in [2.75, 3.05) is 11.9 Å². The summed E-state index contributed by atoms with van der Waals surface area (Å²) in [6.07, 6.45) is 5.22. The Labute approximate surface area is 118 Å². The van der Waals surface area contributed by atoms with Gasteiger partial charge in [-0.05, 0) is 32.0 Å². The Hall–Kier alpha value is -2.37. The number of carbonyl (C=O) groups is 1. The van der Waals surface area contributed by atoms with Gasteiger partial charge in [0.15, 0.2) is 0 Å². The summed E-state index contributed by atoms with van der Waals surface area (Å²) in [6, 6.07) is 5.43. The third-order valence-electron chi connectivity index (χ3n) is 2.77. The highest BCUT2D eigenvalue weighted by atomic mass is 16.1. The first-order valence-electron chi connectivity index (χ1n) is 6.67. The maximum atomic E-state index is 12.1. The second-order valence-electron chi connectivity index (χ2n) is 4.56. The van der Waals surface area contributed by atoms with E-state index in [0.717, 1.165) is 12.2 Å². The second kappa shape index (κ2) is 6.70. The van der Waals surface area contributed by atoms with Gasteiger partial charge in [0.05, 0.1) is 6.54 Å². The first-order valence-corrected chi connectivity index (χ1v) is 6.67. The third kappa shape index (κ3) is 3.81. The molecule has 1 atom stereocenters. The molecule has 2 N–H and O–H groups in total. The van der Waals surface area contributed by atoms with Crippen LogP contribution in [0.25, 0.3) is 0 Å². The first-order chi connectivity index (χ1) is 9.69. The van der Waals surface area contributed by atoms with Crippen molar-refractivity contribution in [3.63, 3.8) is 0 Å². The number of hydrogen-bond donors (Lipinski definition) is 2. The Morgan fingerprint density at radius 1 is 1.45 bits per heavy atom. The van der Waals surface area contributed by atoms with Gasteiger partial charge in [0.1, 0.15) is 5.69 Å². The maximum Gasteiger partial charge on any atom is 0.270 e. The van der Waals surface area contributed by atoms with Crippen molar-refractivity contribution in [2.24, 2.45) is 0 Å². The predicted octanol–water partition coefficient (Wildman–Crippen LogP) is 1.53. The van der Waals surface area contributed by atoms with Gasteiger partial charge in [-0.1, -0.05) is 0 Å². The molecule has 0 aliphatic rings. The Balaban J connectivity index is 1.95. The van der Waals surface area contributed by atoms with Crippen LogP contribution >= 0.6 is 0 Å². The molecule has 0 spiro atoms. The Morgan fingerprint density at radius 3 is 3.00 bits per heavy atom. The van der Waals surface area contributed by atoms with E-state index in [2.05, 4.69) is 20.7 Å². The van der Waals surface area contributed by atoms with Crippen LogP contribution in [0, 0.1) is 0 Å². The van der Waals surface area contributed by atoms with Crippen LogP contribution in [-0.4, -0.2) is 33.3 Å². The zero-order valence-corrected chi connectivity index (χ0v) is 11.7. The lowest BCUT2D eigenvalue weighted by Crippen LogP contribution is -2.36. The van der Waals surface area contributed by atoms with Crippen molar-refractivity contribution in [1.82, 2.24) is 20.1 Å². The van der Waals surface area contributed by atoms with Gasteiger partial charge in [-0.25, -0.2) is 0 Å². The monoisotopic (exact) mass is 273 g/mol. The number of aromatic nitrogens is 3. The van der Waals surface area contributed by atoms with Gasteiger partial charge in [0.25, 0.3) is 5.91 Å². The van der Waals surface area contributed by atoms with Crippen LogP contribution in [0.3, 0.4) is 0 Å². The molecule has 2 rings (SSSR count). The summed E-state index contributed by atoms with van der Waals surface area (Å²) in [5, 5.41) is 10.2.